The van der Waals surface area contributed by atoms with Crippen LogP contribution in [0.3, 0.4) is 0 Å². The second-order valence-electron chi connectivity index (χ2n) is 8.29. The first-order valence-electron chi connectivity index (χ1n) is 10.5. The molecule has 2 aliphatic rings. The molecular formula is C22H24N6O2. The molecule has 2 N–H and O–H groups in total. The van der Waals surface area contributed by atoms with Crippen LogP contribution in [0.2, 0.25) is 0 Å². The van der Waals surface area contributed by atoms with E-state index in [1.165, 1.54) is 6.42 Å². The topological polar surface area (TPSA) is 89.4 Å². The van der Waals surface area contributed by atoms with E-state index in [1.807, 2.05) is 22.9 Å². The van der Waals surface area contributed by atoms with Crippen molar-refractivity contribution in [2.75, 3.05) is 19.0 Å². The summed E-state index contributed by atoms with van der Waals surface area (Å²) in [7, 11) is 1.65. The number of H-pyrrole nitrogens is 1. The zero-order chi connectivity index (χ0) is 20.1. The number of pyridine rings is 1. The van der Waals surface area contributed by atoms with Crippen molar-refractivity contribution in [1.82, 2.24) is 24.3 Å². The fourth-order valence-electron chi connectivity index (χ4n) is 4.78. The van der Waals surface area contributed by atoms with E-state index in [9.17, 15) is 0 Å². The summed E-state index contributed by atoms with van der Waals surface area (Å²) in [6, 6.07) is 4.41. The first kappa shape index (κ1) is 17.7. The Hall–Kier alpha value is -3.13. The Morgan fingerprint density at radius 2 is 2.10 bits per heavy atom. The van der Waals surface area contributed by atoms with Crippen molar-refractivity contribution in [3.63, 3.8) is 0 Å². The molecule has 8 heteroatoms. The molecule has 0 radical (unpaired) electrons. The van der Waals surface area contributed by atoms with Gasteiger partial charge in [0.15, 0.2) is 0 Å². The van der Waals surface area contributed by atoms with E-state index >= 15 is 0 Å². The lowest BCUT2D eigenvalue weighted by molar-refractivity contribution is -0.165. The largest absolute Gasteiger partial charge is 0.480 e. The van der Waals surface area contributed by atoms with Gasteiger partial charge < -0.3 is 24.2 Å². The number of imidazole rings is 1. The highest BCUT2D eigenvalue weighted by atomic mass is 16.5. The van der Waals surface area contributed by atoms with Gasteiger partial charge in [-0.25, -0.2) is 4.98 Å². The van der Waals surface area contributed by atoms with Gasteiger partial charge in [-0.05, 0) is 44.2 Å². The van der Waals surface area contributed by atoms with Crippen LogP contribution in [-0.4, -0.2) is 49.7 Å². The molecule has 0 atom stereocenters. The zero-order valence-corrected chi connectivity index (χ0v) is 16.9. The summed E-state index contributed by atoms with van der Waals surface area (Å²) in [5.74, 6) is 1.17. The highest BCUT2D eigenvalue weighted by molar-refractivity contribution is 5.97. The Morgan fingerprint density at radius 3 is 2.87 bits per heavy atom. The van der Waals surface area contributed by atoms with Crippen LogP contribution in [0.1, 0.15) is 32.1 Å². The molecule has 0 amide bonds. The normalized spacial score (nSPS) is 23.7. The number of aromatic amines is 1. The predicted molar refractivity (Wildman–Crippen MR) is 114 cm³/mol. The first-order chi connectivity index (χ1) is 14.7. The van der Waals surface area contributed by atoms with Gasteiger partial charge in [0.1, 0.15) is 11.3 Å². The SMILES string of the molecule is COc1nc(NC2CCC3(CCO3)CC2)nc2[nH]cc(-c3ccc4nccn4c3)c12. The van der Waals surface area contributed by atoms with Gasteiger partial charge in [0, 0.05) is 42.0 Å². The molecule has 0 unspecified atom stereocenters. The van der Waals surface area contributed by atoms with Crippen LogP contribution in [0.15, 0.2) is 36.9 Å². The predicted octanol–water partition coefficient (Wildman–Crippen LogP) is 3.79. The molecule has 0 aromatic carbocycles. The highest BCUT2D eigenvalue weighted by Crippen LogP contribution is 2.41. The van der Waals surface area contributed by atoms with Crippen molar-refractivity contribution in [3.05, 3.63) is 36.9 Å². The Labute approximate surface area is 173 Å². The summed E-state index contributed by atoms with van der Waals surface area (Å²) in [6.45, 7) is 0.915. The lowest BCUT2D eigenvalue weighted by Gasteiger charge is -2.46. The first-order valence-corrected chi connectivity index (χ1v) is 10.5. The van der Waals surface area contributed by atoms with Gasteiger partial charge in [0.05, 0.1) is 24.7 Å². The van der Waals surface area contributed by atoms with Crippen LogP contribution in [0.4, 0.5) is 5.95 Å². The van der Waals surface area contributed by atoms with Crippen LogP contribution < -0.4 is 10.1 Å². The van der Waals surface area contributed by atoms with Gasteiger partial charge in [-0.1, -0.05) is 0 Å². The fourth-order valence-corrected chi connectivity index (χ4v) is 4.78. The second kappa shape index (κ2) is 6.70. The molecule has 8 nitrogen and oxygen atoms in total. The van der Waals surface area contributed by atoms with E-state index < -0.39 is 0 Å². The van der Waals surface area contributed by atoms with Gasteiger partial charge in [0.25, 0.3) is 0 Å². The molecule has 4 aromatic heterocycles. The third-order valence-corrected chi connectivity index (χ3v) is 6.59. The molecule has 154 valence electrons. The maximum atomic E-state index is 5.83. The number of anilines is 1. The van der Waals surface area contributed by atoms with Crippen molar-refractivity contribution < 1.29 is 9.47 Å². The Morgan fingerprint density at radius 1 is 1.23 bits per heavy atom. The van der Waals surface area contributed by atoms with Gasteiger partial charge in [-0.2, -0.15) is 9.97 Å². The molecule has 1 saturated carbocycles. The summed E-state index contributed by atoms with van der Waals surface area (Å²) in [5, 5.41) is 4.40. The smallest absolute Gasteiger partial charge is 0.228 e. The maximum absolute atomic E-state index is 5.83. The number of nitrogens with zero attached hydrogens (tertiary/aromatic N) is 4. The standard InChI is InChI=1S/C22H24N6O2/c1-29-20-18-16(14-2-3-17-23-9-10-28(17)13-14)12-24-19(18)26-21(27-20)25-15-4-6-22(7-5-15)8-11-30-22/h2-3,9-10,12-13,15H,4-8,11H2,1H3,(H2,24,25,26,27). The average molecular weight is 404 g/mol. The lowest BCUT2D eigenvalue weighted by Crippen LogP contribution is -2.48. The van der Waals surface area contributed by atoms with Crippen LogP contribution in [-0.2, 0) is 4.74 Å². The molecule has 4 aromatic rings. The minimum atomic E-state index is 0.158. The van der Waals surface area contributed by atoms with Gasteiger partial charge in [-0.15, -0.1) is 0 Å². The molecule has 6 rings (SSSR count). The maximum Gasteiger partial charge on any atom is 0.228 e. The minimum Gasteiger partial charge on any atom is -0.480 e. The zero-order valence-electron chi connectivity index (χ0n) is 16.9. The number of fused-ring (bicyclic) bond motifs is 2. The van der Waals surface area contributed by atoms with E-state index in [2.05, 4.69) is 32.5 Å². The summed E-state index contributed by atoms with van der Waals surface area (Å²) in [5.41, 5.74) is 3.89. The summed E-state index contributed by atoms with van der Waals surface area (Å²) in [6.07, 6.45) is 13.3. The molecule has 5 heterocycles. The van der Waals surface area contributed by atoms with E-state index in [0.717, 1.165) is 60.1 Å². The van der Waals surface area contributed by atoms with Crippen LogP contribution in [0.25, 0.3) is 27.8 Å². The molecule has 0 bridgehead atoms. The van der Waals surface area contributed by atoms with E-state index in [1.54, 1.807) is 13.3 Å². The molecule has 1 aliphatic heterocycles. The number of methoxy groups -OCH3 is 1. The molecular weight excluding hydrogens is 380 g/mol. The van der Waals surface area contributed by atoms with E-state index in [0.29, 0.717) is 17.9 Å². The number of hydrogen-bond donors (Lipinski definition) is 2. The summed E-state index contributed by atoms with van der Waals surface area (Å²) in [4.78, 5) is 17.0. The summed E-state index contributed by atoms with van der Waals surface area (Å²) >= 11 is 0. The van der Waals surface area contributed by atoms with Crippen LogP contribution >= 0.6 is 0 Å². The average Bonchev–Trinajstić information content (AvgIpc) is 3.39. The Balaban J connectivity index is 1.31. The van der Waals surface area contributed by atoms with Crippen LogP contribution in [0.5, 0.6) is 5.88 Å². The quantitative estimate of drug-likeness (QED) is 0.538. The number of hydrogen-bond acceptors (Lipinski definition) is 6. The molecule has 2 fully saturated rings. The Kier molecular flexibility index (Phi) is 3.95. The van der Waals surface area contributed by atoms with Crippen molar-refractivity contribution in [2.45, 2.75) is 43.7 Å². The highest BCUT2D eigenvalue weighted by Gasteiger charge is 2.41. The summed E-state index contributed by atoms with van der Waals surface area (Å²) < 4.78 is 13.5. The number of nitrogens with one attached hydrogen (secondary N) is 2. The third-order valence-electron chi connectivity index (χ3n) is 6.59. The van der Waals surface area contributed by atoms with E-state index in [-0.39, 0.29) is 5.60 Å². The van der Waals surface area contributed by atoms with E-state index in [4.69, 9.17) is 14.5 Å². The van der Waals surface area contributed by atoms with Crippen molar-refractivity contribution in [2.24, 2.45) is 0 Å². The number of ether oxygens (including phenoxy) is 2. The Bertz CT molecular complexity index is 1220. The molecule has 1 spiro atoms. The van der Waals surface area contributed by atoms with Gasteiger partial charge >= 0.3 is 0 Å². The van der Waals surface area contributed by atoms with Gasteiger partial charge in [0.2, 0.25) is 11.8 Å². The molecule has 30 heavy (non-hydrogen) atoms. The monoisotopic (exact) mass is 404 g/mol. The van der Waals surface area contributed by atoms with Crippen molar-refractivity contribution in [1.29, 1.82) is 0 Å². The second-order valence-corrected chi connectivity index (χ2v) is 8.29. The molecule has 1 aliphatic carbocycles. The lowest BCUT2D eigenvalue weighted by atomic mass is 9.77. The number of aromatic nitrogens is 5. The fraction of sp³-hybridized carbons (Fsp3) is 0.409. The molecule has 1 saturated heterocycles. The van der Waals surface area contributed by atoms with Crippen molar-refractivity contribution in [3.8, 4) is 17.0 Å². The van der Waals surface area contributed by atoms with Gasteiger partial charge in [-0.3, -0.25) is 0 Å². The third kappa shape index (κ3) is 2.82. The number of rotatable bonds is 4. The minimum absolute atomic E-state index is 0.158. The van der Waals surface area contributed by atoms with Crippen molar-refractivity contribution >= 4 is 22.6 Å². The van der Waals surface area contributed by atoms with Crippen LogP contribution in [0, 0.1) is 0 Å².